The number of nitriles is 1. The lowest BCUT2D eigenvalue weighted by Crippen LogP contribution is -2.30. The highest BCUT2D eigenvalue weighted by molar-refractivity contribution is 5.67. The third-order valence-electron chi connectivity index (χ3n) is 3.65. The minimum absolute atomic E-state index is 0.241. The van der Waals surface area contributed by atoms with Crippen LogP contribution in [0.15, 0.2) is 18.5 Å². The molecule has 0 spiro atoms. The van der Waals surface area contributed by atoms with E-state index in [0.717, 1.165) is 19.3 Å². The van der Waals surface area contributed by atoms with Crippen molar-refractivity contribution < 1.29 is 14.3 Å². The molecule has 0 aromatic carbocycles. The van der Waals surface area contributed by atoms with Crippen molar-refractivity contribution in [3.05, 3.63) is 24.0 Å². The summed E-state index contributed by atoms with van der Waals surface area (Å²) in [6, 6.07) is 3.70. The summed E-state index contributed by atoms with van der Waals surface area (Å²) in [5.74, 6) is 0.749. The summed E-state index contributed by atoms with van der Waals surface area (Å²) in [5, 5.41) is 9.00. The van der Waals surface area contributed by atoms with Gasteiger partial charge < -0.3 is 14.4 Å². The van der Waals surface area contributed by atoms with Crippen LogP contribution in [-0.2, 0) is 4.74 Å². The third-order valence-corrected chi connectivity index (χ3v) is 3.65. The number of hydrogen-bond donors (Lipinski definition) is 0. The monoisotopic (exact) mass is 303 g/mol. The second kappa shape index (κ2) is 8.23. The number of amides is 1. The molecule has 0 bridgehead atoms. The van der Waals surface area contributed by atoms with Crippen molar-refractivity contribution in [2.24, 2.45) is 5.92 Å². The van der Waals surface area contributed by atoms with E-state index in [1.54, 1.807) is 23.4 Å². The van der Waals surface area contributed by atoms with Gasteiger partial charge in [0.05, 0.1) is 25.0 Å². The minimum atomic E-state index is -0.241. The molecule has 6 heteroatoms. The average Bonchev–Trinajstić information content (AvgIpc) is 3.02. The van der Waals surface area contributed by atoms with E-state index in [-0.39, 0.29) is 12.0 Å². The van der Waals surface area contributed by atoms with Gasteiger partial charge in [-0.05, 0) is 18.9 Å². The number of unbranched alkanes of at least 4 members (excludes halogenated alkanes) is 1. The van der Waals surface area contributed by atoms with Crippen LogP contribution in [0.1, 0.15) is 31.7 Å². The van der Waals surface area contributed by atoms with Crippen molar-refractivity contribution in [3.63, 3.8) is 0 Å². The van der Waals surface area contributed by atoms with Gasteiger partial charge in [0.2, 0.25) is 0 Å². The van der Waals surface area contributed by atoms with Crippen molar-refractivity contribution in [3.8, 4) is 11.8 Å². The molecule has 0 saturated carbocycles. The number of rotatable bonds is 6. The number of likely N-dealkylation sites (tertiary alicyclic amines) is 1. The second-order valence-corrected chi connectivity index (χ2v) is 5.36. The lowest BCUT2D eigenvalue weighted by molar-refractivity contribution is 0.107. The zero-order valence-electron chi connectivity index (χ0n) is 12.8. The number of aromatic nitrogens is 1. The van der Waals surface area contributed by atoms with Crippen LogP contribution in [-0.4, -0.2) is 42.3 Å². The number of nitrogens with zero attached hydrogens (tertiary/aromatic N) is 3. The van der Waals surface area contributed by atoms with Crippen molar-refractivity contribution >= 4 is 6.09 Å². The Morgan fingerprint density at radius 3 is 3.23 bits per heavy atom. The lowest BCUT2D eigenvalue weighted by Gasteiger charge is -2.16. The van der Waals surface area contributed by atoms with Crippen LogP contribution < -0.4 is 4.74 Å². The molecular weight excluding hydrogens is 282 g/mol. The highest BCUT2D eigenvalue weighted by Gasteiger charge is 2.27. The standard InChI is InChI=1S/C16H21N3O3/c1-2-3-8-21-16(20)19-7-5-13(11-19)12-22-15-10-18-6-4-14(15)9-17/h4,6,10,13H,2-3,5,7-8,11-12H2,1H3. The predicted molar refractivity (Wildman–Crippen MR) is 80.4 cm³/mol. The first-order valence-electron chi connectivity index (χ1n) is 7.63. The Balaban J connectivity index is 1.77. The van der Waals surface area contributed by atoms with Crippen LogP contribution in [0.2, 0.25) is 0 Å². The molecule has 2 rings (SSSR count). The van der Waals surface area contributed by atoms with Gasteiger partial charge in [-0.2, -0.15) is 5.26 Å². The Labute approximate surface area is 130 Å². The number of carbonyl (C=O) groups is 1. The van der Waals surface area contributed by atoms with Gasteiger partial charge in [0.25, 0.3) is 0 Å². The Bertz CT molecular complexity index is 542. The molecule has 1 fully saturated rings. The normalized spacial score (nSPS) is 17.1. The minimum Gasteiger partial charge on any atom is -0.490 e. The topological polar surface area (TPSA) is 75.4 Å². The molecule has 2 heterocycles. The van der Waals surface area contributed by atoms with Crippen LogP contribution in [0, 0.1) is 17.2 Å². The van der Waals surface area contributed by atoms with Crippen molar-refractivity contribution in [1.29, 1.82) is 5.26 Å². The third kappa shape index (κ3) is 4.35. The molecule has 6 nitrogen and oxygen atoms in total. The molecule has 1 atom stereocenters. The maximum atomic E-state index is 11.9. The summed E-state index contributed by atoms with van der Waals surface area (Å²) < 4.78 is 10.9. The van der Waals surface area contributed by atoms with Gasteiger partial charge in [0, 0.05) is 25.2 Å². The van der Waals surface area contributed by atoms with E-state index < -0.39 is 0 Å². The fraction of sp³-hybridized carbons (Fsp3) is 0.562. The maximum absolute atomic E-state index is 11.9. The lowest BCUT2D eigenvalue weighted by atomic mass is 10.1. The summed E-state index contributed by atoms with van der Waals surface area (Å²) in [6.45, 7) is 4.34. The van der Waals surface area contributed by atoms with Gasteiger partial charge >= 0.3 is 6.09 Å². The van der Waals surface area contributed by atoms with Crippen molar-refractivity contribution in [1.82, 2.24) is 9.88 Å². The molecule has 1 aromatic heterocycles. The summed E-state index contributed by atoms with van der Waals surface area (Å²) in [4.78, 5) is 17.5. The molecule has 1 saturated heterocycles. The summed E-state index contributed by atoms with van der Waals surface area (Å²) in [5.41, 5.74) is 0.476. The Morgan fingerprint density at radius 2 is 2.45 bits per heavy atom. The number of hydrogen-bond acceptors (Lipinski definition) is 5. The molecule has 1 amide bonds. The first kappa shape index (κ1) is 16.1. The Hall–Kier alpha value is -2.29. The molecule has 1 unspecified atom stereocenters. The second-order valence-electron chi connectivity index (χ2n) is 5.36. The highest BCUT2D eigenvalue weighted by Crippen LogP contribution is 2.21. The highest BCUT2D eigenvalue weighted by atomic mass is 16.6. The molecule has 1 aliphatic rings. The summed E-state index contributed by atoms with van der Waals surface area (Å²) in [7, 11) is 0. The molecular formula is C16H21N3O3. The van der Waals surface area contributed by atoms with Gasteiger partial charge in [0.1, 0.15) is 6.07 Å². The van der Waals surface area contributed by atoms with E-state index in [1.807, 2.05) is 0 Å². The van der Waals surface area contributed by atoms with Crippen LogP contribution in [0.5, 0.6) is 5.75 Å². The van der Waals surface area contributed by atoms with Crippen LogP contribution in [0.25, 0.3) is 0 Å². The first-order chi connectivity index (χ1) is 10.7. The van der Waals surface area contributed by atoms with Gasteiger partial charge in [-0.25, -0.2) is 4.79 Å². The average molecular weight is 303 g/mol. The largest absolute Gasteiger partial charge is 0.490 e. The Kier molecular flexibility index (Phi) is 6.01. The summed E-state index contributed by atoms with van der Waals surface area (Å²) in [6.07, 6.45) is 5.65. The van der Waals surface area contributed by atoms with E-state index in [0.29, 0.717) is 37.6 Å². The fourth-order valence-corrected chi connectivity index (χ4v) is 2.32. The molecule has 1 aromatic rings. The number of ether oxygens (including phenoxy) is 2. The van der Waals surface area contributed by atoms with Crippen molar-refractivity contribution in [2.75, 3.05) is 26.3 Å². The molecule has 0 N–H and O–H groups in total. The number of pyridine rings is 1. The fourth-order valence-electron chi connectivity index (χ4n) is 2.32. The van der Waals surface area contributed by atoms with Gasteiger partial charge in [-0.3, -0.25) is 4.98 Å². The molecule has 0 radical (unpaired) electrons. The molecule has 0 aliphatic carbocycles. The van der Waals surface area contributed by atoms with E-state index in [2.05, 4.69) is 18.0 Å². The van der Waals surface area contributed by atoms with Crippen molar-refractivity contribution in [2.45, 2.75) is 26.2 Å². The summed E-state index contributed by atoms with van der Waals surface area (Å²) >= 11 is 0. The van der Waals surface area contributed by atoms with Crippen LogP contribution >= 0.6 is 0 Å². The van der Waals surface area contributed by atoms with Gasteiger partial charge in [0.15, 0.2) is 5.75 Å². The zero-order valence-corrected chi connectivity index (χ0v) is 12.8. The smallest absolute Gasteiger partial charge is 0.409 e. The van der Waals surface area contributed by atoms with E-state index in [1.165, 1.54) is 0 Å². The van der Waals surface area contributed by atoms with Gasteiger partial charge in [-0.1, -0.05) is 13.3 Å². The van der Waals surface area contributed by atoms with E-state index in [4.69, 9.17) is 14.7 Å². The van der Waals surface area contributed by atoms with E-state index in [9.17, 15) is 4.79 Å². The van der Waals surface area contributed by atoms with E-state index >= 15 is 0 Å². The Morgan fingerprint density at radius 1 is 1.59 bits per heavy atom. The first-order valence-corrected chi connectivity index (χ1v) is 7.63. The molecule has 22 heavy (non-hydrogen) atoms. The zero-order chi connectivity index (χ0) is 15.8. The van der Waals surface area contributed by atoms with Crippen LogP contribution in [0.3, 0.4) is 0 Å². The quantitative estimate of drug-likeness (QED) is 0.755. The van der Waals surface area contributed by atoms with Crippen LogP contribution in [0.4, 0.5) is 4.79 Å². The SMILES string of the molecule is CCCCOC(=O)N1CCC(COc2cnccc2C#N)C1. The predicted octanol–water partition coefficient (Wildman–Crippen LogP) is 2.59. The molecule has 118 valence electrons. The van der Waals surface area contributed by atoms with Gasteiger partial charge in [-0.15, -0.1) is 0 Å². The maximum Gasteiger partial charge on any atom is 0.409 e. The molecule has 1 aliphatic heterocycles. The number of carbonyl (C=O) groups excluding carboxylic acids is 1.